The number of amides is 1. The fourth-order valence-corrected chi connectivity index (χ4v) is 2.49. The number of hydrogen-bond acceptors (Lipinski definition) is 4. The molecular formula is C18H19ClFN3O3. The number of carbonyl (C=O) groups is 2. The number of halogens is 2. The molecule has 0 aliphatic carbocycles. The maximum absolute atomic E-state index is 13.0. The van der Waals surface area contributed by atoms with Crippen LogP contribution in [-0.2, 0) is 21.4 Å². The number of nitrogens with one attached hydrogen (secondary N) is 1. The summed E-state index contributed by atoms with van der Waals surface area (Å²) in [6.45, 7) is 5.15. The van der Waals surface area contributed by atoms with E-state index in [0.29, 0.717) is 0 Å². The van der Waals surface area contributed by atoms with E-state index in [2.05, 4.69) is 10.4 Å². The van der Waals surface area contributed by atoms with Crippen molar-refractivity contribution >= 4 is 35.2 Å². The van der Waals surface area contributed by atoms with Gasteiger partial charge in [-0.3, -0.25) is 9.48 Å². The summed E-state index contributed by atoms with van der Waals surface area (Å²) < 4.78 is 19.8. The molecule has 1 atom stereocenters. The summed E-state index contributed by atoms with van der Waals surface area (Å²) in [5.41, 5.74) is 2.74. The Morgan fingerprint density at radius 1 is 1.38 bits per heavy atom. The molecule has 0 saturated heterocycles. The molecule has 26 heavy (non-hydrogen) atoms. The quantitative estimate of drug-likeness (QED) is 0.638. The van der Waals surface area contributed by atoms with Crippen molar-refractivity contribution in [2.75, 3.05) is 5.32 Å². The Morgan fingerprint density at radius 2 is 2.08 bits per heavy atom. The predicted molar refractivity (Wildman–Crippen MR) is 97.3 cm³/mol. The van der Waals surface area contributed by atoms with Crippen molar-refractivity contribution in [3.05, 3.63) is 52.1 Å². The minimum Gasteiger partial charge on any atom is -0.449 e. The number of ether oxygens (including phenoxy) is 1. The first-order valence-electron chi connectivity index (χ1n) is 7.84. The zero-order chi connectivity index (χ0) is 19.4. The number of nitrogens with zero attached hydrogens (tertiary/aromatic N) is 2. The molecule has 1 heterocycles. The number of hydrogen-bond donors (Lipinski definition) is 1. The predicted octanol–water partition coefficient (Wildman–Crippen LogP) is 3.41. The van der Waals surface area contributed by atoms with Crippen molar-refractivity contribution in [3.8, 4) is 0 Å². The van der Waals surface area contributed by atoms with E-state index in [4.69, 9.17) is 16.3 Å². The lowest BCUT2D eigenvalue weighted by molar-refractivity contribution is -0.148. The zero-order valence-corrected chi connectivity index (χ0v) is 15.6. The minimum absolute atomic E-state index is 0.0549. The average molecular weight is 380 g/mol. The molecule has 0 saturated carbocycles. The Hall–Kier alpha value is -2.67. The number of benzene rings is 1. The van der Waals surface area contributed by atoms with E-state index in [9.17, 15) is 14.0 Å². The molecule has 1 aromatic carbocycles. The first kappa shape index (κ1) is 19.7. The standard InChI is InChI=1S/C18H19ClFN3O3/c1-10-14(11(2)23(4)22-10)6-8-17(24)26-12(3)18(25)21-16-7-5-13(20)9-15(16)19/h5-9,12H,1-4H3,(H,21,25)/b8-6+/t12-/m0/s1. The van der Waals surface area contributed by atoms with Gasteiger partial charge in [-0.25, -0.2) is 9.18 Å². The first-order chi connectivity index (χ1) is 12.2. The van der Waals surface area contributed by atoms with Crippen molar-refractivity contribution in [1.82, 2.24) is 9.78 Å². The third-order valence-corrected chi connectivity index (χ3v) is 4.11. The first-order valence-corrected chi connectivity index (χ1v) is 8.21. The van der Waals surface area contributed by atoms with Crippen LogP contribution < -0.4 is 5.32 Å². The highest BCUT2D eigenvalue weighted by Crippen LogP contribution is 2.22. The number of rotatable bonds is 5. The highest BCUT2D eigenvalue weighted by atomic mass is 35.5. The third kappa shape index (κ3) is 4.70. The smallest absolute Gasteiger partial charge is 0.331 e. The second-order valence-electron chi connectivity index (χ2n) is 5.73. The summed E-state index contributed by atoms with van der Waals surface area (Å²) >= 11 is 5.85. The second kappa shape index (κ2) is 8.14. The van der Waals surface area contributed by atoms with Gasteiger partial charge in [0.1, 0.15) is 5.82 Å². The Morgan fingerprint density at radius 3 is 2.65 bits per heavy atom. The van der Waals surface area contributed by atoms with Gasteiger partial charge in [0, 0.05) is 24.4 Å². The zero-order valence-electron chi connectivity index (χ0n) is 14.8. The topological polar surface area (TPSA) is 73.2 Å². The van der Waals surface area contributed by atoms with Crippen LogP contribution in [0.2, 0.25) is 5.02 Å². The van der Waals surface area contributed by atoms with Gasteiger partial charge in [-0.05, 0) is 45.0 Å². The molecular weight excluding hydrogens is 361 g/mol. The molecule has 0 spiro atoms. The molecule has 0 bridgehead atoms. The van der Waals surface area contributed by atoms with Crippen LogP contribution in [0, 0.1) is 19.7 Å². The Bertz CT molecular complexity index is 877. The van der Waals surface area contributed by atoms with Crippen molar-refractivity contribution in [3.63, 3.8) is 0 Å². The van der Waals surface area contributed by atoms with Crippen LogP contribution in [0.15, 0.2) is 24.3 Å². The lowest BCUT2D eigenvalue weighted by Gasteiger charge is -2.13. The van der Waals surface area contributed by atoms with Crippen LogP contribution in [0.5, 0.6) is 0 Å². The van der Waals surface area contributed by atoms with Crippen molar-refractivity contribution in [2.45, 2.75) is 26.9 Å². The molecule has 1 aromatic heterocycles. The van der Waals surface area contributed by atoms with E-state index < -0.39 is 23.8 Å². The molecule has 6 nitrogen and oxygen atoms in total. The molecule has 0 unspecified atom stereocenters. The van der Waals surface area contributed by atoms with Gasteiger partial charge < -0.3 is 10.1 Å². The van der Waals surface area contributed by atoms with E-state index in [1.807, 2.05) is 20.9 Å². The molecule has 2 rings (SSSR count). The number of aromatic nitrogens is 2. The fraction of sp³-hybridized carbons (Fsp3) is 0.278. The molecule has 0 fully saturated rings. The molecule has 138 valence electrons. The van der Waals surface area contributed by atoms with Crippen LogP contribution >= 0.6 is 11.6 Å². The van der Waals surface area contributed by atoms with Gasteiger partial charge >= 0.3 is 5.97 Å². The normalized spacial score (nSPS) is 12.2. The molecule has 1 amide bonds. The van der Waals surface area contributed by atoms with E-state index in [-0.39, 0.29) is 10.7 Å². The lowest BCUT2D eigenvalue weighted by Crippen LogP contribution is -2.29. The Balaban J connectivity index is 1.97. The summed E-state index contributed by atoms with van der Waals surface area (Å²) in [7, 11) is 1.81. The van der Waals surface area contributed by atoms with Gasteiger partial charge in [0.2, 0.25) is 0 Å². The van der Waals surface area contributed by atoms with Gasteiger partial charge in [-0.2, -0.15) is 5.10 Å². The number of anilines is 1. The van der Waals surface area contributed by atoms with E-state index in [1.165, 1.54) is 25.1 Å². The summed E-state index contributed by atoms with van der Waals surface area (Å²) in [5, 5.41) is 6.79. The van der Waals surface area contributed by atoms with Gasteiger partial charge in [0.15, 0.2) is 6.10 Å². The van der Waals surface area contributed by atoms with Crippen molar-refractivity contribution in [2.24, 2.45) is 7.05 Å². The van der Waals surface area contributed by atoms with Crippen LogP contribution in [0.3, 0.4) is 0 Å². The molecule has 0 aliphatic rings. The van der Waals surface area contributed by atoms with Crippen LogP contribution in [0.25, 0.3) is 6.08 Å². The maximum Gasteiger partial charge on any atom is 0.331 e. The number of carbonyl (C=O) groups excluding carboxylic acids is 2. The molecule has 0 aliphatic heterocycles. The number of esters is 1. The van der Waals surface area contributed by atoms with E-state index >= 15 is 0 Å². The summed E-state index contributed by atoms with van der Waals surface area (Å²) in [6.07, 6.45) is 1.79. The van der Waals surface area contributed by atoms with Crippen molar-refractivity contribution < 1.29 is 18.7 Å². The monoisotopic (exact) mass is 379 g/mol. The minimum atomic E-state index is -1.05. The van der Waals surface area contributed by atoms with Gasteiger partial charge in [-0.1, -0.05) is 11.6 Å². The largest absolute Gasteiger partial charge is 0.449 e. The summed E-state index contributed by atoms with van der Waals surface area (Å²) in [5.74, 6) is -1.76. The summed E-state index contributed by atoms with van der Waals surface area (Å²) in [4.78, 5) is 24.0. The SMILES string of the molecule is Cc1nn(C)c(C)c1/C=C/C(=O)O[C@@H](C)C(=O)Nc1ccc(F)cc1Cl. The second-order valence-corrected chi connectivity index (χ2v) is 6.14. The molecule has 0 radical (unpaired) electrons. The fourth-order valence-electron chi connectivity index (χ4n) is 2.27. The van der Waals surface area contributed by atoms with Gasteiger partial charge in [0.25, 0.3) is 5.91 Å². The Kier molecular flexibility index (Phi) is 6.15. The maximum atomic E-state index is 13.0. The lowest BCUT2D eigenvalue weighted by atomic mass is 10.2. The molecule has 1 N–H and O–H groups in total. The van der Waals surface area contributed by atoms with E-state index in [0.717, 1.165) is 23.0 Å². The molecule has 8 heteroatoms. The van der Waals surface area contributed by atoms with Gasteiger partial charge in [-0.15, -0.1) is 0 Å². The van der Waals surface area contributed by atoms with Crippen LogP contribution in [0.1, 0.15) is 23.9 Å². The Labute approximate surface area is 155 Å². The molecule has 2 aromatic rings. The number of aryl methyl sites for hydroxylation is 2. The van der Waals surface area contributed by atoms with Crippen LogP contribution in [0.4, 0.5) is 10.1 Å². The average Bonchev–Trinajstić information content (AvgIpc) is 2.80. The van der Waals surface area contributed by atoms with Gasteiger partial charge in [0.05, 0.1) is 16.4 Å². The van der Waals surface area contributed by atoms with Crippen molar-refractivity contribution in [1.29, 1.82) is 0 Å². The van der Waals surface area contributed by atoms with E-state index in [1.54, 1.807) is 10.8 Å². The highest BCUT2D eigenvalue weighted by Gasteiger charge is 2.18. The third-order valence-electron chi connectivity index (χ3n) is 3.80. The highest BCUT2D eigenvalue weighted by molar-refractivity contribution is 6.33. The van der Waals surface area contributed by atoms with Crippen LogP contribution in [-0.4, -0.2) is 27.8 Å². The summed E-state index contributed by atoms with van der Waals surface area (Å²) in [6, 6.07) is 3.58.